The van der Waals surface area contributed by atoms with Crippen molar-refractivity contribution in [3.63, 3.8) is 0 Å². The summed E-state index contributed by atoms with van der Waals surface area (Å²) in [7, 11) is 0. The van der Waals surface area contributed by atoms with Crippen molar-refractivity contribution < 1.29 is 43.5 Å². The SMILES string of the molecule is CC1=C[C@H]2O[C@@H]3C[C@@H](OC(=O)/C=C/C=C[C@@H](OCCC4=CC(=O)OC4)[C@@H](C)O)[C@](C)([C@@]2(CO)CC1)[C@]31CO1. The first-order valence-electron chi connectivity index (χ1n) is 13.4. The van der Waals surface area contributed by atoms with Gasteiger partial charge >= 0.3 is 11.9 Å². The number of epoxide rings is 1. The van der Waals surface area contributed by atoms with Crippen LogP contribution < -0.4 is 0 Å². The predicted octanol–water partition coefficient (Wildman–Crippen LogP) is 2.32. The Balaban J connectivity index is 1.21. The van der Waals surface area contributed by atoms with Gasteiger partial charge in [0.15, 0.2) is 0 Å². The van der Waals surface area contributed by atoms with Crippen LogP contribution in [0.3, 0.4) is 0 Å². The highest BCUT2D eigenvalue weighted by molar-refractivity contribution is 5.85. The van der Waals surface area contributed by atoms with E-state index in [0.29, 0.717) is 26.1 Å². The Bertz CT molecular complexity index is 1070. The van der Waals surface area contributed by atoms with Crippen molar-refractivity contribution in [2.24, 2.45) is 10.8 Å². The molecule has 3 aliphatic heterocycles. The number of carbonyl (C=O) groups excluding carboxylic acids is 2. The molecule has 0 radical (unpaired) electrons. The molecular formula is C29H38O9. The first kappa shape index (κ1) is 27.3. The Morgan fingerprint density at radius 2 is 2.13 bits per heavy atom. The molecule has 0 aromatic heterocycles. The van der Waals surface area contributed by atoms with Crippen molar-refractivity contribution in [1.82, 2.24) is 0 Å². The molecule has 3 heterocycles. The van der Waals surface area contributed by atoms with E-state index in [1.165, 1.54) is 17.7 Å². The van der Waals surface area contributed by atoms with Crippen LogP contribution in [0.1, 0.15) is 46.5 Å². The fraction of sp³-hybridized carbons (Fsp3) is 0.655. The number of fused-ring (bicyclic) bond motifs is 2. The first-order valence-corrected chi connectivity index (χ1v) is 13.4. The third kappa shape index (κ3) is 4.48. The van der Waals surface area contributed by atoms with Gasteiger partial charge in [-0.05, 0) is 38.7 Å². The van der Waals surface area contributed by atoms with Crippen LogP contribution >= 0.6 is 0 Å². The fourth-order valence-corrected chi connectivity index (χ4v) is 6.89. The van der Waals surface area contributed by atoms with Crippen molar-refractivity contribution >= 4 is 11.9 Å². The molecule has 0 unspecified atom stereocenters. The molecule has 3 fully saturated rings. The van der Waals surface area contributed by atoms with Gasteiger partial charge in [0.2, 0.25) is 0 Å². The average Bonchev–Trinajstić information content (AvgIpc) is 3.55. The highest BCUT2D eigenvalue weighted by atomic mass is 16.6. The maximum Gasteiger partial charge on any atom is 0.331 e. The summed E-state index contributed by atoms with van der Waals surface area (Å²) in [5.41, 5.74) is 0.413. The monoisotopic (exact) mass is 530 g/mol. The lowest BCUT2D eigenvalue weighted by molar-refractivity contribution is -0.228. The van der Waals surface area contributed by atoms with Gasteiger partial charge in [-0.25, -0.2) is 9.59 Å². The molecule has 2 aliphatic carbocycles. The Morgan fingerprint density at radius 3 is 2.79 bits per heavy atom. The van der Waals surface area contributed by atoms with E-state index in [1.54, 1.807) is 25.2 Å². The van der Waals surface area contributed by atoms with E-state index in [9.17, 15) is 19.8 Å². The number of esters is 2. The number of carbonyl (C=O) groups is 2. The summed E-state index contributed by atoms with van der Waals surface area (Å²) in [6.45, 7) is 6.87. The smallest absolute Gasteiger partial charge is 0.331 e. The number of rotatable bonds is 10. The maximum absolute atomic E-state index is 12.9. The van der Waals surface area contributed by atoms with Crippen molar-refractivity contribution in [3.05, 3.63) is 47.6 Å². The van der Waals surface area contributed by atoms with Crippen LogP contribution in [-0.2, 0) is 33.3 Å². The second-order valence-electron chi connectivity index (χ2n) is 11.4. The first-order chi connectivity index (χ1) is 18.1. The van der Waals surface area contributed by atoms with Crippen molar-refractivity contribution in [1.29, 1.82) is 0 Å². The molecule has 2 saturated heterocycles. The average molecular weight is 531 g/mol. The second kappa shape index (κ2) is 10.4. The highest BCUT2D eigenvalue weighted by Gasteiger charge is 2.82. The summed E-state index contributed by atoms with van der Waals surface area (Å²) in [4.78, 5) is 24.0. The zero-order valence-corrected chi connectivity index (χ0v) is 22.3. The molecule has 2 bridgehead atoms. The normalized spacial score (nSPS) is 39.2. The maximum atomic E-state index is 12.9. The van der Waals surface area contributed by atoms with Gasteiger partial charge in [0.25, 0.3) is 0 Å². The number of hydrogen-bond acceptors (Lipinski definition) is 9. The Kier molecular flexibility index (Phi) is 7.43. The van der Waals surface area contributed by atoms with Crippen LogP contribution in [0.5, 0.6) is 0 Å². The summed E-state index contributed by atoms with van der Waals surface area (Å²) in [5, 5.41) is 20.7. The van der Waals surface area contributed by atoms with Crippen molar-refractivity contribution in [2.45, 2.75) is 82.6 Å². The minimum Gasteiger partial charge on any atom is -0.458 e. The molecule has 208 valence electrons. The van der Waals surface area contributed by atoms with Gasteiger partial charge in [-0.1, -0.05) is 36.8 Å². The van der Waals surface area contributed by atoms with Gasteiger partial charge in [-0.3, -0.25) is 0 Å². The van der Waals surface area contributed by atoms with Crippen LogP contribution in [0.2, 0.25) is 0 Å². The minimum absolute atomic E-state index is 0.0657. The molecule has 1 saturated carbocycles. The van der Waals surface area contributed by atoms with Crippen molar-refractivity contribution in [2.75, 3.05) is 26.4 Å². The van der Waals surface area contributed by atoms with E-state index >= 15 is 0 Å². The van der Waals surface area contributed by atoms with Crippen LogP contribution in [0.15, 0.2) is 47.6 Å². The summed E-state index contributed by atoms with van der Waals surface area (Å²) < 4.78 is 29.1. The Labute approximate surface area is 223 Å². The third-order valence-electron chi connectivity index (χ3n) is 9.33. The minimum atomic E-state index is -0.759. The molecule has 8 atom stereocenters. The summed E-state index contributed by atoms with van der Waals surface area (Å²) >= 11 is 0. The zero-order valence-electron chi connectivity index (χ0n) is 22.3. The van der Waals surface area contributed by atoms with Gasteiger partial charge in [-0.15, -0.1) is 0 Å². The van der Waals surface area contributed by atoms with E-state index in [-0.39, 0.29) is 31.4 Å². The number of aliphatic hydroxyl groups excluding tert-OH is 2. The van der Waals surface area contributed by atoms with Gasteiger partial charge in [0.1, 0.15) is 24.4 Å². The van der Waals surface area contributed by atoms with Crippen LogP contribution in [0.25, 0.3) is 0 Å². The van der Waals surface area contributed by atoms with E-state index in [2.05, 4.69) is 19.9 Å². The summed E-state index contributed by atoms with van der Waals surface area (Å²) in [6.07, 6.45) is 10.3. The lowest BCUT2D eigenvalue weighted by Crippen LogP contribution is -2.66. The molecule has 5 aliphatic rings. The number of allylic oxidation sites excluding steroid dienone is 3. The van der Waals surface area contributed by atoms with Gasteiger partial charge in [0, 0.05) is 29.4 Å². The molecule has 9 nitrogen and oxygen atoms in total. The lowest BCUT2D eigenvalue weighted by Gasteiger charge is -2.58. The molecule has 9 heteroatoms. The standard InChI is InChI=1S/C29H38O9/c1-18-8-10-28(16-30)23(12-18)37-24-14-22(27(28,3)29(24)17-36-29)38-25(32)7-5-4-6-21(19(2)31)34-11-9-20-13-26(33)35-15-20/h4-7,12-13,19,21-24,30-31H,8-11,14-17H2,1-3H3/b6-4?,7-5+/t19-,21-,22-,23-,24-,27-,28-,29+/m1/s1. The predicted molar refractivity (Wildman–Crippen MR) is 136 cm³/mol. The van der Waals surface area contributed by atoms with Gasteiger partial charge in [-0.2, -0.15) is 0 Å². The Hall–Kier alpha value is -2.30. The second-order valence-corrected chi connectivity index (χ2v) is 11.4. The molecule has 0 aromatic rings. The molecule has 0 aromatic carbocycles. The van der Waals surface area contributed by atoms with Crippen LogP contribution in [0, 0.1) is 10.8 Å². The third-order valence-corrected chi connectivity index (χ3v) is 9.33. The molecule has 2 N–H and O–H groups in total. The van der Waals surface area contributed by atoms with Crippen LogP contribution in [-0.4, -0.2) is 84.7 Å². The van der Waals surface area contributed by atoms with Gasteiger partial charge < -0.3 is 33.9 Å². The Morgan fingerprint density at radius 1 is 1.34 bits per heavy atom. The lowest BCUT2D eigenvalue weighted by atomic mass is 9.51. The molecule has 0 amide bonds. The zero-order chi connectivity index (χ0) is 27.1. The quantitative estimate of drug-likeness (QED) is 0.144. The molecule has 38 heavy (non-hydrogen) atoms. The van der Waals surface area contributed by atoms with E-state index < -0.39 is 40.7 Å². The molecule has 5 rings (SSSR count). The topological polar surface area (TPSA) is 124 Å². The van der Waals surface area contributed by atoms with Gasteiger partial charge in [0.05, 0.1) is 38.1 Å². The van der Waals surface area contributed by atoms with E-state index in [1.807, 2.05) is 0 Å². The van der Waals surface area contributed by atoms with E-state index in [4.69, 9.17) is 23.7 Å². The number of cyclic esters (lactones) is 1. The number of hydrogen-bond donors (Lipinski definition) is 2. The fourth-order valence-electron chi connectivity index (χ4n) is 6.89. The van der Waals surface area contributed by atoms with Crippen LogP contribution in [0.4, 0.5) is 0 Å². The number of ether oxygens (including phenoxy) is 5. The summed E-state index contributed by atoms with van der Waals surface area (Å²) in [6, 6.07) is 0. The van der Waals surface area contributed by atoms with Crippen molar-refractivity contribution in [3.8, 4) is 0 Å². The molecule has 1 spiro atoms. The highest BCUT2D eigenvalue weighted by Crippen LogP contribution is 2.71. The summed E-state index contributed by atoms with van der Waals surface area (Å²) in [5.74, 6) is -0.827. The van der Waals surface area contributed by atoms with E-state index in [0.717, 1.165) is 18.4 Å². The largest absolute Gasteiger partial charge is 0.458 e. The molecular weight excluding hydrogens is 492 g/mol. The number of aliphatic hydroxyl groups is 2.